The maximum atomic E-state index is 3.85. The third kappa shape index (κ3) is 1.72. The first-order chi connectivity index (χ1) is 6.36. The SMILES string of the molecule is CC1=CC(c2nnn[nH]2)=CC=CC1. The summed E-state index contributed by atoms with van der Waals surface area (Å²) in [7, 11) is 0. The lowest BCUT2D eigenvalue weighted by Gasteiger charge is -1.95. The first-order valence-electron chi connectivity index (χ1n) is 4.14. The molecule has 1 aromatic heterocycles. The largest absolute Gasteiger partial charge is 0.239 e. The van der Waals surface area contributed by atoms with Gasteiger partial charge in [-0.05, 0) is 23.8 Å². The predicted octanol–water partition coefficient (Wildman–Crippen LogP) is 1.49. The fourth-order valence-corrected chi connectivity index (χ4v) is 1.23. The lowest BCUT2D eigenvalue weighted by Crippen LogP contribution is -1.85. The Kier molecular flexibility index (Phi) is 2.04. The normalized spacial score (nSPS) is 16.4. The molecule has 0 aromatic carbocycles. The van der Waals surface area contributed by atoms with Gasteiger partial charge in [0, 0.05) is 5.57 Å². The summed E-state index contributed by atoms with van der Waals surface area (Å²) in [5.74, 6) is 0.714. The van der Waals surface area contributed by atoms with Crippen molar-refractivity contribution in [2.45, 2.75) is 13.3 Å². The van der Waals surface area contributed by atoms with Crippen LogP contribution in [-0.4, -0.2) is 20.6 Å². The number of aromatic amines is 1. The van der Waals surface area contributed by atoms with Crippen LogP contribution in [0.15, 0.2) is 29.9 Å². The summed E-state index contributed by atoms with van der Waals surface area (Å²) >= 11 is 0. The molecule has 0 amide bonds. The molecule has 1 heterocycles. The molecule has 1 N–H and O–H groups in total. The number of hydrogen-bond acceptors (Lipinski definition) is 3. The van der Waals surface area contributed by atoms with Gasteiger partial charge in [-0.1, -0.05) is 29.9 Å². The Balaban J connectivity index is 2.38. The van der Waals surface area contributed by atoms with Gasteiger partial charge in [0.1, 0.15) is 0 Å². The number of hydrogen-bond donors (Lipinski definition) is 1. The topological polar surface area (TPSA) is 54.5 Å². The predicted molar refractivity (Wildman–Crippen MR) is 49.7 cm³/mol. The summed E-state index contributed by atoms with van der Waals surface area (Å²) in [4.78, 5) is 0. The van der Waals surface area contributed by atoms with Crippen LogP contribution in [0.3, 0.4) is 0 Å². The minimum absolute atomic E-state index is 0.714. The zero-order valence-corrected chi connectivity index (χ0v) is 7.36. The Hall–Kier alpha value is -1.71. The summed E-state index contributed by atoms with van der Waals surface area (Å²) in [5.41, 5.74) is 2.33. The molecule has 66 valence electrons. The van der Waals surface area contributed by atoms with Crippen molar-refractivity contribution >= 4 is 5.57 Å². The molecule has 0 aliphatic heterocycles. The Morgan fingerprint density at radius 3 is 3.15 bits per heavy atom. The second-order valence-electron chi connectivity index (χ2n) is 2.99. The van der Waals surface area contributed by atoms with E-state index in [1.807, 2.05) is 12.2 Å². The molecule has 1 aromatic rings. The zero-order chi connectivity index (χ0) is 9.10. The monoisotopic (exact) mass is 174 g/mol. The van der Waals surface area contributed by atoms with Crippen LogP contribution in [-0.2, 0) is 0 Å². The quantitative estimate of drug-likeness (QED) is 0.701. The number of nitrogens with one attached hydrogen (secondary N) is 1. The first kappa shape index (κ1) is 7.91. The fourth-order valence-electron chi connectivity index (χ4n) is 1.23. The van der Waals surface area contributed by atoms with Gasteiger partial charge < -0.3 is 0 Å². The van der Waals surface area contributed by atoms with E-state index in [2.05, 4.69) is 39.7 Å². The Morgan fingerprint density at radius 1 is 1.46 bits per heavy atom. The van der Waals surface area contributed by atoms with Crippen LogP contribution in [0.5, 0.6) is 0 Å². The average molecular weight is 174 g/mol. The molecular weight excluding hydrogens is 164 g/mol. The molecule has 0 fully saturated rings. The van der Waals surface area contributed by atoms with Crippen LogP contribution in [0.1, 0.15) is 19.2 Å². The number of rotatable bonds is 1. The van der Waals surface area contributed by atoms with Crippen molar-refractivity contribution in [3.63, 3.8) is 0 Å². The van der Waals surface area contributed by atoms with E-state index < -0.39 is 0 Å². The summed E-state index contributed by atoms with van der Waals surface area (Å²) < 4.78 is 0. The van der Waals surface area contributed by atoms with E-state index in [9.17, 15) is 0 Å². The van der Waals surface area contributed by atoms with Gasteiger partial charge in [0.25, 0.3) is 0 Å². The van der Waals surface area contributed by atoms with Crippen molar-refractivity contribution in [2.75, 3.05) is 0 Å². The molecule has 13 heavy (non-hydrogen) atoms. The van der Waals surface area contributed by atoms with E-state index in [1.54, 1.807) is 0 Å². The van der Waals surface area contributed by atoms with E-state index in [0.717, 1.165) is 12.0 Å². The highest BCUT2D eigenvalue weighted by atomic mass is 15.5. The van der Waals surface area contributed by atoms with Crippen LogP contribution in [0, 0.1) is 0 Å². The van der Waals surface area contributed by atoms with E-state index in [-0.39, 0.29) is 0 Å². The standard InChI is InChI=1S/C9H10N4/c1-7-4-2-3-5-8(6-7)9-10-12-13-11-9/h2-3,5-6H,4H2,1H3,(H,10,11,12,13). The molecule has 4 nitrogen and oxygen atoms in total. The fraction of sp³-hybridized carbons (Fsp3) is 0.222. The molecule has 0 spiro atoms. The van der Waals surface area contributed by atoms with Crippen molar-refractivity contribution in [2.24, 2.45) is 0 Å². The molecule has 0 radical (unpaired) electrons. The molecule has 4 heteroatoms. The Bertz CT molecular complexity index is 370. The minimum Gasteiger partial charge on any atom is -0.239 e. The first-order valence-corrected chi connectivity index (χ1v) is 4.14. The van der Waals surface area contributed by atoms with Crippen molar-refractivity contribution in [1.82, 2.24) is 20.6 Å². The number of nitrogens with zero attached hydrogens (tertiary/aromatic N) is 3. The molecule has 1 aliphatic rings. The van der Waals surface area contributed by atoms with E-state index >= 15 is 0 Å². The zero-order valence-electron chi connectivity index (χ0n) is 7.36. The van der Waals surface area contributed by atoms with Crippen LogP contribution in [0.4, 0.5) is 0 Å². The van der Waals surface area contributed by atoms with E-state index in [0.29, 0.717) is 5.82 Å². The van der Waals surface area contributed by atoms with E-state index in [4.69, 9.17) is 0 Å². The van der Waals surface area contributed by atoms with Crippen molar-refractivity contribution in [3.05, 3.63) is 35.7 Å². The molecule has 2 rings (SSSR count). The van der Waals surface area contributed by atoms with Gasteiger partial charge in [0.2, 0.25) is 0 Å². The number of aromatic nitrogens is 4. The summed E-state index contributed by atoms with van der Waals surface area (Å²) in [5, 5.41) is 13.7. The second kappa shape index (κ2) is 3.35. The van der Waals surface area contributed by atoms with Crippen LogP contribution < -0.4 is 0 Å². The molecule has 0 saturated carbocycles. The summed E-state index contributed by atoms with van der Waals surface area (Å²) in [6, 6.07) is 0. The van der Waals surface area contributed by atoms with Crippen molar-refractivity contribution in [3.8, 4) is 0 Å². The van der Waals surface area contributed by atoms with Gasteiger partial charge in [0.15, 0.2) is 5.82 Å². The third-order valence-electron chi connectivity index (χ3n) is 1.87. The highest BCUT2D eigenvalue weighted by Crippen LogP contribution is 2.17. The number of H-pyrrole nitrogens is 1. The van der Waals surface area contributed by atoms with Gasteiger partial charge >= 0.3 is 0 Å². The van der Waals surface area contributed by atoms with Crippen LogP contribution >= 0.6 is 0 Å². The lowest BCUT2D eigenvalue weighted by molar-refractivity contribution is 0.881. The van der Waals surface area contributed by atoms with Gasteiger partial charge in [-0.3, -0.25) is 0 Å². The molecule has 0 unspecified atom stereocenters. The van der Waals surface area contributed by atoms with Crippen LogP contribution in [0.2, 0.25) is 0 Å². The molecule has 0 saturated heterocycles. The third-order valence-corrected chi connectivity index (χ3v) is 1.87. The van der Waals surface area contributed by atoms with Gasteiger partial charge in [-0.15, -0.1) is 5.10 Å². The highest BCUT2D eigenvalue weighted by molar-refractivity contribution is 5.71. The summed E-state index contributed by atoms with van der Waals surface area (Å²) in [6.07, 6.45) is 9.20. The van der Waals surface area contributed by atoms with Crippen LogP contribution in [0.25, 0.3) is 5.57 Å². The lowest BCUT2D eigenvalue weighted by atomic mass is 10.1. The summed E-state index contributed by atoms with van der Waals surface area (Å²) in [6.45, 7) is 2.09. The maximum Gasteiger partial charge on any atom is 0.179 e. The average Bonchev–Trinajstić information content (AvgIpc) is 2.56. The number of allylic oxidation sites excluding steroid dienone is 6. The smallest absolute Gasteiger partial charge is 0.179 e. The maximum absolute atomic E-state index is 3.85. The van der Waals surface area contributed by atoms with Crippen molar-refractivity contribution in [1.29, 1.82) is 0 Å². The minimum atomic E-state index is 0.714. The Morgan fingerprint density at radius 2 is 2.38 bits per heavy atom. The Labute approximate surface area is 76.0 Å². The number of tetrazole rings is 1. The molecule has 0 bridgehead atoms. The molecular formula is C9H10N4. The molecule has 0 atom stereocenters. The van der Waals surface area contributed by atoms with Gasteiger partial charge in [0.05, 0.1) is 0 Å². The second-order valence-corrected chi connectivity index (χ2v) is 2.99. The highest BCUT2D eigenvalue weighted by Gasteiger charge is 2.03. The van der Waals surface area contributed by atoms with E-state index in [1.165, 1.54) is 5.57 Å². The van der Waals surface area contributed by atoms with Gasteiger partial charge in [-0.2, -0.15) is 0 Å². The molecule has 1 aliphatic carbocycles. The van der Waals surface area contributed by atoms with Gasteiger partial charge in [-0.25, -0.2) is 5.10 Å². The van der Waals surface area contributed by atoms with Crippen molar-refractivity contribution < 1.29 is 0 Å².